The summed E-state index contributed by atoms with van der Waals surface area (Å²) in [5, 5.41) is 16.6. The minimum atomic E-state index is -0.315. The Kier molecular flexibility index (Phi) is 3.61. The van der Waals surface area contributed by atoms with Crippen LogP contribution in [-0.2, 0) is 0 Å². The molecule has 122 valence electrons. The van der Waals surface area contributed by atoms with Gasteiger partial charge in [0.25, 0.3) is 5.91 Å². The zero-order valence-electron chi connectivity index (χ0n) is 12.9. The van der Waals surface area contributed by atoms with E-state index in [1.54, 1.807) is 23.7 Å². The maximum absolute atomic E-state index is 13.0. The van der Waals surface area contributed by atoms with E-state index >= 15 is 0 Å². The van der Waals surface area contributed by atoms with Crippen LogP contribution in [0.15, 0.2) is 30.5 Å². The van der Waals surface area contributed by atoms with Crippen LogP contribution in [0.5, 0.6) is 0 Å². The van der Waals surface area contributed by atoms with Gasteiger partial charge in [0, 0.05) is 5.92 Å². The fraction of sp³-hybridized carbons (Fsp3) is 0.250. The number of anilines is 1. The lowest BCUT2D eigenvalue weighted by atomic mass is 10.2. The Morgan fingerprint density at radius 3 is 2.75 bits per heavy atom. The van der Waals surface area contributed by atoms with E-state index in [0.717, 1.165) is 17.8 Å². The lowest BCUT2D eigenvalue weighted by Crippen LogP contribution is -2.13. The smallest absolute Gasteiger partial charge is 0.260 e. The summed E-state index contributed by atoms with van der Waals surface area (Å²) in [6.07, 6.45) is 3.79. The molecule has 6 nitrogen and oxygen atoms in total. The Morgan fingerprint density at radius 2 is 2.04 bits per heavy atom. The second kappa shape index (κ2) is 5.79. The number of halogens is 1. The summed E-state index contributed by atoms with van der Waals surface area (Å²) >= 11 is 1.41. The highest BCUT2D eigenvalue weighted by Gasteiger charge is 2.28. The van der Waals surface area contributed by atoms with Crippen molar-refractivity contribution in [3.8, 4) is 5.69 Å². The molecule has 2 aromatic heterocycles. The summed E-state index contributed by atoms with van der Waals surface area (Å²) in [4.78, 5) is 12.4. The third-order valence-electron chi connectivity index (χ3n) is 3.91. The zero-order valence-corrected chi connectivity index (χ0v) is 13.7. The summed E-state index contributed by atoms with van der Waals surface area (Å²) in [6, 6.07) is 5.95. The molecule has 1 N–H and O–H groups in total. The Bertz CT molecular complexity index is 898. The van der Waals surface area contributed by atoms with Crippen LogP contribution in [0.2, 0.25) is 0 Å². The van der Waals surface area contributed by atoms with Crippen molar-refractivity contribution < 1.29 is 9.18 Å². The topological polar surface area (TPSA) is 72.7 Å². The molecule has 1 aromatic carbocycles. The average molecular weight is 343 g/mol. The number of hydrogen-bond acceptors (Lipinski definition) is 5. The molecule has 0 radical (unpaired) electrons. The SMILES string of the molecule is Cc1c(C(=O)Nc2nnc(C3CC3)s2)cnn1-c1ccc(F)cc1. The number of nitrogens with zero attached hydrogens (tertiary/aromatic N) is 4. The highest BCUT2D eigenvalue weighted by Crippen LogP contribution is 2.42. The van der Waals surface area contributed by atoms with E-state index in [-0.39, 0.29) is 11.7 Å². The molecule has 0 bridgehead atoms. The Morgan fingerprint density at radius 1 is 1.29 bits per heavy atom. The Balaban J connectivity index is 1.55. The van der Waals surface area contributed by atoms with Gasteiger partial charge < -0.3 is 0 Å². The molecule has 24 heavy (non-hydrogen) atoms. The molecular weight excluding hydrogens is 329 g/mol. The highest BCUT2D eigenvalue weighted by molar-refractivity contribution is 7.15. The molecule has 0 saturated heterocycles. The van der Waals surface area contributed by atoms with E-state index in [2.05, 4.69) is 20.6 Å². The van der Waals surface area contributed by atoms with Crippen LogP contribution in [0, 0.1) is 12.7 Å². The van der Waals surface area contributed by atoms with E-state index in [4.69, 9.17) is 0 Å². The van der Waals surface area contributed by atoms with Gasteiger partial charge in [0.1, 0.15) is 10.8 Å². The van der Waals surface area contributed by atoms with E-state index in [9.17, 15) is 9.18 Å². The van der Waals surface area contributed by atoms with E-state index < -0.39 is 0 Å². The van der Waals surface area contributed by atoms with Crippen molar-refractivity contribution in [2.24, 2.45) is 0 Å². The molecular formula is C16H14FN5OS. The number of benzene rings is 1. The van der Waals surface area contributed by atoms with Gasteiger partial charge in [-0.3, -0.25) is 10.1 Å². The van der Waals surface area contributed by atoms with Crippen LogP contribution in [0.4, 0.5) is 9.52 Å². The van der Waals surface area contributed by atoms with Gasteiger partial charge in [0.2, 0.25) is 5.13 Å². The molecule has 1 aliphatic carbocycles. The predicted octanol–water partition coefficient (Wildman–Crippen LogP) is 3.30. The number of aromatic nitrogens is 4. The molecule has 1 fully saturated rings. The minimum absolute atomic E-state index is 0.278. The zero-order chi connectivity index (χ0) is 16.7. The summed E-state index contributed by atoms with van der Waals surface area (Å²) in [6.45, 7) is 1.79. The van der Waals surface area contributed by atoms with Gasteiger partial charge in [-0.25, -0.2) is 9.07 Å². The van der Waals surface area contributed by atoms with Crippen LogP contribution >= 0.6 is 11.3 Å². The van der Waals surface area contributed by atoms with Crippen molar-refractivity contribution in [3.63, 3.8) is 0 Å². The lowest BCUT2D eigenvalue weighted by molar-refractivity contribution is 0.102. The Hall–Kier alpha value is -2.61. The largest absolute Gasteiger partial charge is 0.296 e. The molecule has 2 heterocycles. The van der Waals surface area contributed by atoms with Crippen molar-refractivity contribution >= 4 is 22.4 Å². The number of carbonyl (C=O) groups is 1. The number of hydrogen-bond donors (Lipinski definition) is 1. The van der Waals surface area contributed by atoms with E-state index in [1.807, 2.05) is 0 Å². The summed E-state index contributed by atoms with van der Waals surface area (Å²) in [7, 11) is 0. The van der Waals surface area contributed by atoms with Gasteiger partial charge in [-0.05, 0) is 44.0 Å². The molecule has 1 saturated carbocycles. The summed E-state index contributed by atoms with van der Waals surface area (Å²) in [5.74, 6) is -0.0836. The Labute approximate surface area is 141 Å². The summed E-state index contributed by atoms with van der Waals surface area (Å²) in [5.41, 5.74) is 1.81. The van der Waals surface area contributed by atoms with Gasteiger partial charge in [-0.1, -0.05) is 11.3 Å². The van der Waals surface area contributed by atoms with Gasteiger partial charge in [0.15, 0.2) is 0 Å². The molecule has 0 aliphatic heterocycles. The summed E-state index contributed by atoms with van der Waals surface area (Å²) < 4.78 is 14.6. The average Bonchev–Trinajstić information content (AvgIpc) is 3.20. The van der Waals surface area contributed by atoms with Crippen molar-refractivity contribution in [2.75, 3.05) is 5.32 Å². The van der Waals surface area contributed by atoms with Gasteiger partial charge >= 0.3 is 0 Å². The van der Waals surface area contributed by atoms with Crippen molar-refractivity contribution in [1.29, 1.82) is 0 Å². The second-order valence-corrected chi connectivity index (χ2v) is 6.71. The van der Waals surface area contributed by atoms with Gasteiger partial charge in [-0.15, -0.1) is 10.2 Å². The molecule has 0 spiro atoms. The number of amides is 1. The maximum atomic E-state index is 13.0. The van der Waals surface area contributed by atoms with E-state index in [1.165, 1.54) is 29.7 Å². The predicted molar refractivity (Wildman–Crippen MR) is 88.1 cm³/mol. The normalized spacial score (nSPS) is 13.9. The first-order valence-electron chi connectivity index (χ1n) is 7.57. The third kappa shape index (κ3) is 2.80. The van der Waals surface area contributed by atoms with Crippen LogP contribution in [-0.4, -0.2) is 25.9 Å². The maximum Gasteiger partial charge on any atom is 0.260 e. The quantitative estimate of drug-likeness (QED) is 0.789. The van der Waals surface area contributed by atoms with Crippen LogP contribution in [0.25, 0.3) is 5.69 Å². The number of rotatable bonds is 4. The van der Waals surface area contributed by atoms with Crippen molar-refractivity contribution in [2.45, 2.75) is 25.7 Å². The fourth-order valence-corrected chi connectivity index (χ4v) is 3.33. The first kappa shape index (κ1) is 14.9. The van der Waals surface area contributed by atoms with Crippen LogP contribution in [0.1, 0.15) is 39.8 Å². The first-order valence-corrected chi connectivity index (χ1v) is 8.39. The molecule has 1 amide bonds. The molecule has 8 heteroatoms. The molecule has 0 unspecified atom stereocenters. The van der Waals surface area contributed by atoms with Crippen molar-refractivity contribution in [3.05, 3.63) is 52.5 Å². The number of carbonyl (C=O) groups excluding carboxylic acids is 1. The first-order chi connectivity index (χ1) is 11.6. The molecule has 1 aliphatic rings. The standard InChI is InChI=1S/C16H14FN5OS/c1-9-13(8-18-22(9)12-6-4-11(17)5-7-12)14(23)19-16-21-20-15(24-16)10-2-3-10/h4-8,10H,2-3H2,1H3,(H,19,21,23). The number of nitrogens with one attached hydrogen (secondary N) is 1. The minimum Gasteiger partial charge on any atom is -0.296 e. The second-order valence-electron chi connectivity index (χ2n) is 5.71. The molecule has 3 aromatic rings. The molecule has 4 rings (SSSR count). The lowest BCUT2D eigenvalue weighted by Gasteiger charge is -2.05. The van der Waals surface area contributed by atoms with Gasteiger partial charge in [0.05, 0.1) is 23.1 Å². The van der Waals surface area contributed by atoms with Crippen LogP contribution in [0.3, 0.4) is 0 Å². The van der Waals surface area contributed by atoms with E-state index in [0.29, 0.717) is 28.0 Å². The third-order valence-corrected chi connectivity index (χ3v) is 4.91. The van der Waals surface area contributed by atoms with Gasteiger partial charge in [-0.2, -0.15) is 5.10 Å². The van der Waals surface area contributed by atoms with Crippen LogP contribution < -0.4 is 5.32 Å². The monoisotopic (exact) mass is 343 g/mol. The van der Waals surface area contributed by atoms with Crippen molar-refractivity contribution in [1.82, 2.24) is 20.0 Å². The molecule has 0 atom stereocenters. The highest BCUT2D eigenvalue weighted by atomic mass is 32.1. The fourth-order valence-electron chi connectivity index (χ4n) is 2.42.